The average Bonchev–Trinajstić information content (AvgIpc) is 2.23. The third-order valence-electron chi connectivity index (χ3n) is 3.85. The summed E-state index contributed by atoms with van der Waals surface area (Å²) in [4.78, 5) is 14.0. The van der Waals surface area contributed by atoms with Gasteiger partial charge in [-0.05, 0) is 43.5 Å². The van der Waals surface area contributed by atoms with Gasteiger partial charge in [0.25, 0.3) is 0 Å². The molecule has 1 fully saturated rings. The molecule has 1 heterocycles. The van der Waals surface area contributed by atoms with Crippen LogP contribution in [0, 0.1) is 26.7 Å². The summed E-state index contributed by atoms with van der Waals surface area (Å²) in [6.45, 7) is 7.92. The smallest absolute Gasteiger partial charge is 0.232 e. The largest absolute Gasteiger partial charge is 0.315 e. The van der Waals surface area contributed by atoms with Gasteiger partial charge in [0.05, 0.1) is 5.92 Å². The van der Waals surface area contributed by atoms with Gasteiger partial charge >= 0.3 is 0 Å². The molecule has 1 N–H and O–H groups in total. The molecular weight excluding hydrogens is 212 g/mol. The van der Waals surface area contributed by atoms with Crippen molar-refractivity contribution in [3.8, 4) is 0 Å². The van der Waals surface area contributed by atoms with Gasteiger partial charge in [0.1, 0.15) is 0 Å². The first-order valence-electron chi connectivity index (χ1n) is 6.07. The van der Waals surface area contributed by atoms with Crippen LogP contribution in [0.5, 0.6) is 0 Å². The van der Waals surface area contributed by atoms with Crippen LogP contribution in [0.4, 0.5) is 5.69 Å². The second-order valence-corrected chi connectivity index (χ2v) is 4.90. The van der Waals surface area contributed by atoms with Gasteiger partial charge in [-0.15, -0.1) is 0 Å². The summed E-state index contributed by atoms with van der Waals surface area (Å²) in [5, 5.41) is 3.14. The minimum Gasteiger partial charge on any atom is -0.315 e. The molecule has 0 spiro atoms. The van der Waals surface area contributed by atoms with Crippen LogP contribution in [0.3, 0.4) is 0 Å². The molecule has 0 aliphatic carbocycles. The fraction of sp³-hybridized carbons (Fsp3) is 0.500. The summed E-state index contributed by atoms with van der Waals surface area (Å²) < 4.78 is 0. The normalized spacial score (nSPS) is 15.5. The van der Waals surface area contributed by atoms with E-state index in [9.17, 15) is 4.79 Å². The summed E-state index contributed by atoms with van der Waals surface area (Å²) in [6, 6.07) is 4.13. The van der Waals surface area contributed by atoms with E-state index < -0.39 is 0 Å². The molecule has 1 saturated heterocycles. The van der Waals surface area contributed by atoms with E-state index in [0.717, 1.165) is 18.8 Å². The lowest BCUT2D eigenvalue weighted by Crippen LogP contribution is -2.51. The first-order valence-corrected chi connectivity index (χ1v) is 6.07. The van der Waals surface area contributed by atoms with E-state index in [-0.39, 0.29) is 11.8 Å². The van der Waals surface area contributed by atoms with Gasteiger partial charge in [-0.1, -0.05) is 6.07 Å². The Labute approximate surface area is 103 Å². The van der Waals surface area contributed by atoms with Crippen molar-refractivity contribution in [2.45, 2.75) is 20.8 Å². The number of aryl methyl sites for hydroxylation is 1. The lowest BCUT2D eigenvalue weighted by atomic mass is 9.99. The zero-order valence-electron chi connectivity index (χ0n) is 11.0. The van der Waals surface area contributed by atoms with Gasteiger partial charge in [0.2, 0.25) is 5.91 Å². The molecule has 0 radical (unpaired) electrons. The molecule has 1 aromatic carbocycles. The minimum atomic E-state index is 0.154. The lowest BCUT2D eigenvalue weighted by molar-refractivity contribution is -0.123. The summed E-state index contributed by atoms with van der Waals surface area (Å²) in [5.74, 6) is 0.371. The molecule has 17 heavy (non-hydrogen) atoms. The Hall–Kier alpha value is -1.35. The molecule has 3 nitrogen and oxygen atoms in total. The SMILES string of the molecule is Cc1ccc(N(C)C(=O)C2CNC2)c(C)c1C. The molecular formula is C14H20N2O. The van der Waals surface area contributed by atoms with Gasteiger partial charge in [-0.3, -0.25) is 4.79 Å². The van der Waals surface area contributed by atoms with Crippen molar-refractivity contribution in [3.63, 3.8) is 0 Å². The van der Waals surface area contributed by atoms with E-state index >= 15 is 0 Å². The molecule has 0 saturated carbocycles. The highest BCUT2D eigenvalue weighted by Crippen LogP contribution is 2.25. The zero-order chi connectivity index (χ0) is 12.6. The van der Waals surface area contributed by atoms with Crippen molar-refractivity contribution in [1.29, 1.82) is 0 Å². The second-order valence-electron chi connectivity index (χ2n) is 4.90. The second kappa shape index (κ2) is 4.49. The van der Waals surface area contributed by atoms with Crippen LogP contribution in [0.25, 0.3) is 0 Å². The maximum atomic E-state index is 12.2. The van der Waals surface area contributed by atoms with Crippen molar-refractivity contribution in [2.75, 3.05) is 25.0 Å². The van der Waals surface area contributed by atoms with Crippen LogP contribution in [-0.2, 0) is 4.79 Å². The van der Waals surface area contributed by atoms with E-state index in [2.05, 4.69) is 32.2 Å². The first kappa shape index (κ1) is 12.1. The highest BCUT2D eigenvalue weighted by atomic mass is 16.2. The molecule has 0 atom stereocenters. The van der Waals surface area contributed by atoms with Crippen molar-refractivity contribution in [1.82, 2.24) is 5.32 Å². The standard InChI is InChI=1S/C14H20N2O/c1-9-5-6-13(11(3)10(9)2)16(4)14(17)12-7-15-8-12/h5-6,12,15H,7-8H2,1-4H3. The highest BCUT2D eigenvalue weighted by molar-refractivity contribution is 5.96. The Bertz CT molecular complexity index is 450. The van der Waals surface area contributed by atoms with Gasteiger partial charge in [-0.2, -0.15) is 0 Å². The van der Waals surface area contributed by atoms with Crippen molar-refractivity contribution >= 4 is 11.6 Å². The summed E-state index contributed by atoms with van der Waals surface area (Å²) in [6.07, 6.45) is 0. The maximum absolute atomic E-state index is 12.2. The molecule has 0 aromatic heterocycles. The zero-order valence-corrected chi connectivity index (χ0v) is 11.0. The lowest BCUT2D eigenvalue weighted by Gasteiger charge is -2.31. The molecule has 3 heteroatoms. The van der Waals surface area contributed by atoms with E-state index in [1.54, 1.807) is 4.90 Å². The van der Waals surface area contributed by atoms with Gasteiger partial charge in [0, 0.05) is 25.8 Å². The predicted octanol–water partition coefficient (Wildman–Crippen LogP) is 1.79. The van der Waals surface area contributed by atoms with Gasteiger partial charge in [-0.25, -0.2) is 0 Å². The Kier molecular flexibility index (Phi) is 3.20. The van der Waals surface area contributed by atoms with Crippen LogP contribution >= 0.6 is 0 Å². The number of nitrogens with zero attached hydrogens (tertiary/aromatic N) is 1. The van der Waals surface area contributed by atoms with Crippen LogP contribution < -0.4 is 10.2 Å². The monoisotopic (exact) mass is 232 g/mol. The van der Waals surface area contributed by atoms with Gasteiger partial charge in [0.15, 0.2) is 0 Å². The summed E-state index contributed by atoms with van der Waals surface area (Å²) in [5.41, 5.74) is 4.78. The third kappa shape index (κ3) is 2.07. The maximum Gasteiger partial charge on any atom is 0.232 e. The van der Waals surface area contributed by atoms with Crippen molar-refractivity contribution < 1.29 is 4.79 Å². The molecule has 1 aliphatic heterocycles. The fourth-order valence-corrected chi connectivity index (χ4v) is 2.16. The number of hydrogen-bond acceptors (Lipinski definition) is 2. The minimum absolute atomic E-state index is 0.154. The van der Waals surface area contributed by atoms with E-state index in [0.29, 0.717) is 0 Å². The molecule has 0 unspecified atom stereocenters. The number of nitrogens with one attached hydrogen (secondary N) is 1. The Morgan fingerprint density at radius 1 is 1.24 bits per heavy atom. The number of carbonyl (C=O) groups is 1. The molecule has 1 amide bonds. The Morgan fingerprint density at radius 3 is 2.41 bits per heavy atom. The van der Waals surface area contributed by atoms with Crippen molar-refractivity contribution in [2.24, 2.45) is 5.92 Å². The number of rotatable bonds is 2. The number of carbonyl (C=O) groups excluding carboxylic acids is 1. The molecule has 0 bridgehead atoms. The average molecular weight is 232 g/mol. The predicted molar refractivity (Wildman–Crippen MR) is 70.4 cm³/mol. The third-order valence-corrected chi connectivity index (χ3v) is 3.85. The molecule has 92 valence electrons. The highest BCUT2D eigenvalue weighted by Gasteiger charge is 2.28. The van der Waals surface area contributed by atoms with E-state index in [1.807, 2.05) is 13.1 Å². The number of anilines is 1. The fourth-order valence-electron chi connectivity index (χ4n) is 2.16. The topological polar surface area (TPSA) is 32.3 Å². The Balaban J connectivity index is 2.27. The van der Waals surface area contributed by atoms with Crippen LogP contribution in [0.1, 0.15) is 16.7 Å². The molecule has 1 aromatic rings. The van der Waals surface area contributed by atoms with Crippen molar-refractivity contribution in [3.05, 3.63) is 28.8 Å². The number of amides is 1. The van der Waals surface area contributed by atoms with E-state index in [4.69, 9.17) is 0 Å². The summed E-state index contributed by atoms with van der Waals surface area (Å²) in [7, 11) is 1.87. The summed E-state index contributed by atoms with van der Waals surface area (Å²) >= 11 is 0. The van der Waals surface area contributed by atoms with Crippen LogP contribution in [0.15, 0.2) is 12.1 Å². The van der Waals surface area contributed by atoms with Crippen LogP contribution in [-0.4, -0.2) is 26.0 Å². The quantitative estimate of drug-likeness (QED) is 0.843. The van der Waals surface area contributed by atoms with Gasteiger partial charge < -0.3 is 10.2 Å². The number of hydrogen-bond donors (Lipinski definition) is 1. The van der Waals surface area contributed by atoms with E-state index in [1.165, 1.54) is 16.7 Å². The molecule has 1 aliphatic rings. The Morgan fingerprint density at radius 2 is 1.88 bits per heavy atom. The van der Waals surface area contributed by atoms with Crippen LogP contribution in [0.2, 0.25) is 0 Å². The molecule has 2 rings (SSSR count). The number of benzene rings is 1. The first-order chi connectivity index (χ1) is 8.02.